The lowest BCUT2D eigenvalue weighted by molar-refractivity contribution is 0.134. The lowest BCUT2D eigenvalue weighted by Gasteiger charge is -2.38. The van der Waals surface area contributed by atoms with Gasteiger partial charge in [-0.05, 0) is 48.5 Å². The molecule has 130 valence electrons. The monoisotopic (exact) mass is 365 g/mol. The van der Waals surface area contributed by atoms with E-state index in [2.05, 4.69) is 16.8 Å². The van der Waals surface area contributed by atoms with E-state index in [9.17, 15) is 8.42 Å². The molecule has 0 N–H and O–H groups in total. The number of piperidine rings is 1. The zero-order valence-electron chi connectivity index (χ0n) is 13.8. The SMILES string of the molecule is CCN(Cc1ccncc1)C1CCCN(S(=O)(=O)c2ccsc2)C1. The van der Waals surface area contributed by atoms with E-state index in [1.165, 1.54) is 16.9 Å². The molecule has 1 fully saturated rings. The van der Waals surface area contributed by atoms with Gasteiger partial charge in [-0.1, -0.05) is 6.92 Å². The standard InChI is InChI=1S/C17H23N3O2S2/c1-2-19(12-15-5-8-18-9-6-15)16-4-3-10-20(13-16)24(21,22)17-7-11-23-14-17/h5-9,11,14,16H,2-4,10,12-13H2,1H3. The van der Waals surface area contributed by atoms with E-state index in [-0.39, 0.29) is 6.04 Å². The average Bonchev–Trinajstić information content (AvgIpc) is 3.16. The van der Waals surface area contributed by atoms with E-state index >= 15 is 0 Å². The van der Waals surface area contributed by atoms with E-state index in [1.54, 1.807) is 28.1 Å². The summed E-state index contributed by atoms with van der Waals surface area (Å²) in [5.74, 6) is 0. The molecule has 0 saturated carbocycles. The number of nitrogens with zero attached hydrogens (tertiary/aromatic N) is 3. The minimum Gasteiger partial charge on any atom is -0.295 e. The molecular weight excluding hydrogens is 342 g/mol. The normalized spacial score (nSPS) is 19.7. The van der Waals surface area contributed by atoms with Gasteiger partial charge in [-0.2, -0.15) is 15.6 Å². The summed E-state index contributed by atoms with van der Waals surface area (Å²) in [6.45, 7) is 5.04. The predicted molar refractivity (Wildman–Crippen MR) is 96.4 cm³/mol. The van der Waals surface area contributed by atoms with Crippen LogP contribution in [-0.4, -0.2) is 48.3 Å². The third-order valence-corrected chi connectivity index (χ3v) is 7.24. The first-order valence-electron chi connectivity index (χ1n) is 8.26. The molecule has 1 aliphatic heterocycles. The molecule has 1 atom stereocenters. The van der Waals surface area contributed by atoms with Gasteiger partial charge in [-0.3, -0.25) is 9.88 Å². The van der Waals surface area contributed by atoms with Crippen LogP contribution < -0.4 is 0 Å². The van der Waals surface area contributed by atoms with Crippen LogP contribution in [0.25, 0.3) is 0 Å². The van der Waals surface area contributed by atoms with Crippen LogP contribution in [0.5, 0.6) is 0 Å². The summed E-state index contributed by atoms with van der Waals surface area (Å²) in [5.41, 5.74) is 1.21. The largest absolute Gasteiger partial charge is 0.295 e. The Kier molecular flexibility index (Phi) is 5.65. The maximum absolute atomic E-state index is 12.8. The average molecular weight is 366 g/mol. The van der Waals surface area contributed by atoms with E-state index in [4.69, 9.17) is 0 Å². The van der Waals surface area contributed by atoms with Crippen molar-refractivity contribution in [3.8, 4) is 0 Å². The minimum atomic E-state index is -3.36. The summed E-state index contributed by atoms with van der Waals surface area (Å²) in [7, 11) is -3.36. The highest BCUT2D eigenvalue weighted by Gasteiger charge is 2.32. The van der Waals surface area contributed by atoms with Gasteiger partial charge < -0.3 is 0 Å². The van der Waals surface area contributed by atoms with Crippen LogP contribution >= 0.6 is 11.3 Å². The summed E-state index contributed by atoms with van der Waals surface area (Å²) in [6.07, 6.45) is 5.55. The molecule has 0 bridgehead atoms. The number of hydrogen-bond acceptors (Lipinski definition) is 5. The predicted octanol–water partition coefficient (Wildman–Crippen LogP) is 2.82. The number of thiophene rings is 1. The molecule has 3 heterocycles. The fourth-order valence-electron chi connectivity index (χ4n) is 3.21. The summed E-state index contributed by atoms with van der Waals surface area (Å²) >= 11 is 1.42. The van der Waals surface area contributed by atoms with Crippen molar-refractivity contribution >= 4 is 21.4 Å². The molecule has 0 radical (unpaired) electrons. The molecule has 2 aromatic heterocycles. The van der Waals surface area contributed by atoms with Crippen LogP contribution in [0.3, 0.4) is 0 Å². The van der Waals surface area contributed by atoms with Gasteiger partial charge in [0.05, 0.1) is 4.90 Å². The molecule has 0 amide bonds. The molecule has 1 unspecified atom stereocenters. The van der Waals surface area contributed by atoms with Gasteiger partial charge in [0.15, 0.2) is 0 Å². The summed E-state index contributed by atoms with van der Waals surface area (Å²) in [5, 5.41) is 3.53. The van der Waals surface area contributed by atoms with Crippen molar-refractivity contribution in [3.63, 3.8) is 0 Å². The number of hydrogen-bond donors (Lipinski definition) is 0. The van der Waals surface area contributed by atoms with Crippen molar-refractivity contribution in [3.05, 3.63) is 46.9 Å². The molecule has 2 aromatic rings. The molecule has 3 rings (SSSR count). The van der Waals surface area contributed by atoms with Crippen LogP contribution in [0.1, 0.15) is 25.3 Å². The molecule has 1 saturated heterocycles. The second-order valence-corrected chi connectivity index (χ2v) is 8.75. The van der Waals surface area contributed by atoms with Crippen LogP contribution in [0.4, 0.5) is 0 Å². The first-order chi connectivity index (χ1) is 11.6. The van der Waals surface area contributed by atoms with Gasteiger partial charge in [-0.25, -0.2) is 8.42 Å². The van der Waals surface area contributed by atoms with Crippen LogP contribution in [0.15, 0.2) is 46.2 Å². The highest BCUT2D eigenvalue weighted by molar-refractivity contribution is 7.89. The van der Waals surface area contributed by atoms with Crippen molar-refractivity contribution in [1.82, 2.24) is 14.2 Å². The fraction of sp³-hybridized carbons (Fsp3) is 0.471. The Morgan fingerprint density at radius 3 is 2.79 bits per heavy atom. The van der Waals surface area contributed by atoms with Crippen molar-refractivity contribution in [2.75, 3.05) is 19.6 Å². The highest BCUT2D eigenvalue weighted by Crippen LogP contribution is 2.25. The first-order valence-corrected chi connectivity index (χ1v) is 10.6. The minimum absolute atomic E-state index is 0.255. The number of rotatable bonds is 6. The molecule has 0 aromatic carbocycles. The smallest absolute Gasteiger partial charge is 0.243 e. The van der Waals surface area contributed by atoms with Gasteiger partial charge in [0.1, 0.15) is 0 Å². The lowest BCUT2D eigenvalue weighted by atomic mass is 10.1. The summed E-state index contributed by atoms with van der Waals surface area (Å²) < 4.78 is 27.2. The lowest BCUT2D eigenvalue weighted by Crippen LogP contribution is -2.49. The summed E-state index contributed by atoms with van der Waals surface area (Å²) in [6, 6.07) is 5.99. The fourth-order valence-corrected chi connectivity index (χ4v) is 5.74. The Labute approximate surface area is 148 Å². The molecule has 0 spiro atoms. The van der Waals surface area contributed by atoms with Crippen LogP contribution in [0, 0.1) is 0 Å². The van der Waals surface area contributed by atoms with Crippen molar-refractivity contribution in [2.24, 2.45) is 0 Å². The third-order valence-electron chi connectivity index (χ3n) is 4.55. The summed E-state index contributed by atoms with van der Waals surface area (Å²) in [4.78, 5) is 6.85. The maximum atomic E-state index is 12.8. The van der Waals surface area contributed by atoms with E-state index < -0.39 is 10.0 Å². The Hall–Kier alpha value is -1.28. The molecule has 1 aliphatic rings. The second kappa shape index (κ2) is 7.74. The second-order valence-electron chi connectivity index (χ2n) is 6.04. The molecular formula is C17H23N3O2S2. The van der Waals surface area contributed by atoms with Crippen molar-refractivity contribution < 1.29 is 8.42 Å². The van der Waals surface area contributed by atoms with Crippen LogP contribution in [-0.2, 0) is 16.6 Å². The Bertz CT molecular complexity index is 732. The van der Waals surface area contributed by atoms with Gasteiger partial charge in [0.2, 0.25) is 10.0 Å². The third kappa shape index (κ3) is 3.85. The molecule has 7 heteroatoms. The Morgan fingerprint density at radius 2 is 2.12 bits per heavy atom. The highest BCUT2D eigenvalue weighted by atomic mass is 32.2. The Balaban J connectivity index is 1.72. The van der Waals surface area contributed by atoms with Gasteiger partial charge >= 0.3 is 0 Å². The molecule has 0 aliphatic carbocycles. The number of likely N-dealkylation sites (N-methyl/N-ethyl adjacent to an activating group) is 1. The van der Waals surface area contributed by atoms with E-state index in [0.717, 1.165) is 25.9 Å². The number of aromatic nitrogens is 1. The van der Waals surface area contributed by atoms with E-state index in [1.807, 2.05) is 17.5 Å². The molecule has 24 heavy (non-hydrogen) atoms. The van der Waals surface area contributed by atoms with E-state index in [0.29, 0.717) is 18.0 Å². The Morgan fingerprint density at radius 1 is 1.33 bits per heavy atom. The van der Waals surface area contributed by atoms with Crippen molar-refractivity contribution in [1.29, 1.82) is 0 Å². The van der Waals surface area contributed by atoms with Crippen LogP contribution in [0.2, 0.25) is 0 Å². The number of pyridine rings is 1. The maximum Gasteiger partial charge on any atom is 0.243 e. The first kappa shape index (κ1) is 17.5. The van der Waals surface area contributed by atoms with Crippen molar-refractivity contribution in [2.45, 2.75) is 37.2 Å². The zero-order chi connectivity index (χ0) is 17.0. The number of sulfonamides is 1. The topological polar surface area (TPSA) is 53.5 Å². The van der Waals surface area contributed by atoms with Gasteiger partial charge in [0, 0.05) is 43.4 Å². The van der Waals surface area contributed by atoms with Gasteiger partial charge in [0.25, 0.3) is 0 Å². The molecule has 5 nitrogen and oxygen atoms in total. The van der Waals surface area contributed by atoms with Gasteiger partial charge in [-0.15, -0.1) is 0 Å². The zero-order valence-corrected chi connectivity index (χ0v) is 15.5. The quantitative estimate of drug-likeness (QED) is 0.790.